The number of aromatic hydroxyl groups is 1. The highest BCUT2D eigenvalue weighted by atomic mass is 127. The first kappa shape index (κ1) is 15.6. The Balaban J connectivity index is 2.23. The standard InChI is InChI=1S/C12H8BrIN4O3/c13-8-4-7(11(19)9(14)5-8)6-16-17-12-10(18(20)21)2-1-3-15-12/h1-6,19H,(H,15,17)/b16-6-. The van der Waals surface area contributed by atoms with Crippen molar-refractivity contribution in [2.24, 2.45) is 5.10 Å². The monoisotopic (exact) mass is 462 g/mol. The smallest absolute Gasteiger partial charge is 0.313 e. The Morgan fingerprint density at radius 2 is 2.29 bits per heavy atom. The van der Waals surface area contributed by atoms with Crippen LogP contribution in [-0.4, -0.2) is 21.2 Å². The largest absolute Gasteiger partial charge is 0.506 e. The lowest BCUT2D eigenvalue weighted by Crippen LogP contribution is -1.99. The average molecular weight is 463 g/mol. The third-order valence-corrected chi connectivity index (χ3v) is 3.70. The number of hydrogen-bond donors (Lipinski definition) is 2. The molecule has 21 heavy (non-hydrogen) atoms. The van der Waals surface area contributed by atoms with Crippen molar-refractivity contribution >= 4 is 56.2 Å². The van der Waals surface area contributed by atoms with Crippen LogP contribution < -0.4 is 5.43 Å². The van der Waals surface area contributed by atoms with E-state index in [1.54, 1.807) is 12.1 Å². The van der Waals surface area contributed by atoms with Crippen LogP contribution >= 0.6 is 38.5 Å². The van der Waals surface area contributed by atoms with E-state index in [1.165, 1.54) is 24.5 Å². The van der Waals surface area contributed by atoms with Crippen molar-refractivity contribution in [3.63, 3.8) is 0 Å². The van der Waals surface area contributed by atoms with Gasteiger partial charge < -0.3 is 5.11 Å². The van der Waals surface area contributed by atoms with Gasteiger partial charge in [0, 0.05) is 22.3 Å². The van der Waals surface area contributed by atoms with Crippen molar-refractivity contribution in [1.29, 1.82) is 0 Å². The zero-order valence-corrected chi connectivity index (χ0v) is 14.1. The molecule has 0 aliphatic carbocycles. The predicted molar refractivity (Wildman–Crippen MR) is 90.6 cm³/mol. The van der Waals surface area contributed by atoms with Crippen LogP contribution in [0.25, 0.3) is 0 Å². The molecule has 0 aliphatic rings. The number of phenolic OH excluding ortho intramolecular Hbond substituents is 1. The van der Waals surface area contributed by atoms with E-state index in [2.05, 4.69) is 31.4 Å². The Morgan fingerprint density at radius 3 is 3.00 bits per heavy atom. The van der Waals surface area contributed by atoms with E-state index in [0.29, 0.717) is 9.13 Å². The van der Waals surface area contributed by atoms with E-state index in [-0.39, 0.29) is 17.3 Å². The molecule has 1 aromatic carbocycles. The summed E-state index contributed by atoms with van der Waals surface area (Å²) in [7, 11) is 0. The first-order chi connectivity index (χ1) is 9.99. The Labute approximate surface area is 141 Å². The molecule has 0 amide bonds. The lowest BCUT2D eigenvalue weighted by atomic mass is 10.2. The Morgan fingerprint density at radius 1 is 1.52 bits per heavy atom. The number of aromatic nitrogens is 1. The first-order valence-electron chi connectivity index (χ1n) is 5.55. The minimum Gasteiger partial charge on any atom is -0.506 e. The van der Waals surface area contributed by atoms with Crippen molar-refractivity contribution in [2.75, 3.05) is 5.43 Å². The van der Waals surface area contributed by atoms with E-state index >= 15 is 0 Å². The fraction of sp³-hybridized carbons (Fsp3) is 0. The number of hydrazone groups is 1. The number of anilines is 1. The highest BCUT2D eigenvalue weighted by molar-refractivity contribution is 14.1. The van der Waals surface area contributed by atoms with E-state index < -0.39 is 4.92 Å². The summed E-state index contributed by atoms with van der Waals surface area (Å²) in [4.78, 5) is 14.1. The molecular weight excluding hydrogens is 455 g/mol. The van der Waals surface area contributed by atoms with Crippen molar-refractivity contribution in [3.05, 3.63) is 54.2 Å². The molecule has 0 fully saturated rings. The van der Waals surface area contributed by atoms with Gasteiger partial charge in [0.25, 0.3) is 0 Å². The molecule has 0 saturated carbocycles. The second-order valence-electron chi connectivity index (χ2n) is 3.82. The molecule has 1 aromatic heterocycles. The molecule has 2 N–H and O–H groups in total. The molecule has 2 rings (SSSR count). The lowest BCUT2D eigenvalue weighted by Gasteiger charge is -2.03. The van der Waals surface area contributed by atoms with Gasteiger partial charge in [-0.15, -0.1) is 0 Å². The minimum atomic E-state index is -0.551. The second-order valence-corrected chi connectivity index (χ2v) is 5.90. The Bertz CT molecular complexity index is 724. The van der Waals surface area contributed by atoms with Gasteiger partial charge in [0.05, 0.1) is 14.7 Å². The van der Waals surface area contributed by atoms with Crippen molar-refractivity contribution in [3.8, 4) is 5.75 Å². The maximum atomic E-state index is 10.8. The predicted octanol–water partition coefficient (Wildman–Crippen LogP) is 3.51. The molecule has 0 bridgehead atoms. The molecule has 0 saturated heterocycles. The van der Waals surface area contributed by atoms with Crippen LogP contribution in [0.4, 0.5) is 11.5 Å². The molecule has 7 nitrogen and oxygen atoms in total. The highest BCUT2D eigenvalue weighted by Crippen LogP contribution is 2.27. The van der Waals surface area contributed by atoms with Crippen LogP contribution in [0.5, 0.6) is 5.75 Å². The SMILES string of the molecule is O=[N+]([O-])c1cccnc1N/N=C\c1cc(Br)cc(I)c1O. The fourth-order valence-corrected chi connectivity index (χ4v) is 3.03. The molecule has 0 radical (unpaired) electrons. The van der Waals surface area contributed by atoms with Gasteiger partial charge in [-0.3, -0.25) is 15.5 Å². The summed E-state index contributed by atoms with van der Waals surface area (Å²) >= 11 is 5.30. The number of nitrogens with zero attached hydrogens (tertiary/aromatic N) is 3. The summed E-state index contributed by atoms with van der Waals surface area (Å²) in [6.45, 7) is 0. The summed E-state index contributed by atoms with van der Waals surface area (Å²) in [5.41, 5.74) is 2.79. The molecule has 0 unspecified atom stereocenters. The van der Waals surface area contributed by atoms with Crippen molar-refractivity contribution < 1.29 is 10.0 Å². The normalized spacial score (nSPS) is 10.8. The summed E-state index contributed by atoms with van der Waals surface area (Å²) in [5.74, 6) is 0.114. The van der Waals surface area contributed by atoms with E-state index in [4.69, 9.17) is 0 Å². The van der Waals surface area contributed by atoms with Gasteiger partial charge >= 0.3 is 5.69 Å². The highest BCUT2D eigenvalue weighted by Gasteiger charge is 2.13. The molecular formula is C12H8BrIN4O3. The van der Waals surface area contributed by atoms with E-state index in [9.17, 15) is 15.2 Å². The summed E-state index contributed by atoms with van der Waals surface area (Å²) in [6, 6.07) is 6.22. The van der Waals surface area contributed by atoms with Crippen LogP contribution in [0, 0.1) is 13.7 Å². The number of hydrogen-bond acceptors (Lipinski definition) is 6. The van der Waals surface area contributed by atoms with Gasteiger partial charge in [-0.05, 0) is 40.8 Å². The number of benzene rings is 1. The number of rotatable bonds is 4. The number of pyridine rings is 1. The fourth-order valence-electron chi connectivity index (χ4n) is 1.48. The summed E-state index contributed by atoms with van der Waals surface area (Å²) in [6.07, 6.45) is 2.78. The average Bonchev–Trinajstić information content (AvgIpc) is 2.44. The molecule has 0 aliphatic heterocycles. The summed E-state index contributed by atoms with van der Waals surface area (Å²) < 4.78 is 1.45. The first-order valence-corrected chi connectivity index (χ1v) is 7.42. The molecule has 108 valence electrons. The van der Waals surface area contributed by atoms with Gasteiger partial charge in [0.15, 0.2) is 0 Å². The molecule has 1 heterocycles. The lowest BCUT2D eigenvalue weighted by molar-refractivity contribution is -0.384. The van der Waals surface area contributed by atoms with Crippen LogP contribution in [0.2, 0.25) is 0 Å². The number of phenols is 1. The molecule has 2 aromatic rings. The number of halogens is 2. The Hall–Kier alpha value is -1.75. The van der Waals surface area contributed by atoms with Gasteiger partial charge in [-0.25, -0.2) is 4.98 Å². The van der Waals surface area contributed by atoms with Crippen LogP contribution in [0.1, 0.15) is 5.56 Å². The maximum absolute atomic E-state index is 10.8. The number of nitro groups is 1. The van der Waals surface area contributed by atoms with E-state index in [0.717, 1.165) is 4.47 Å². The van der Waals surface area contributed by atoms with Gasteiger partial charge in [-0.1, -0.05) is 15.9 Å². The van der Waals surface area contributed by atoms with Gasteiger partial charge in [-0.2, -0.15) is 5.10 Å². The maximum Gasteiger partial charge on any atom is 0.313 e. The zero-order chi connectivity index (χ0) is 15.4. The molecule has 0 spiro atoms. The molecule has 0 atom stereocenters. The third-order valence-electron chi connectivity index (χ3n) is 2.41. The van der Waals surface area contributed by atoms with Crippen LogP contribution in [0.15, 0.2) is 40.0 Å². The zero-order valence-electron chi connectivity index (χ0n) is 10.3. The second kappa shape index (κ2) is 6.80. The minimum absolute atomic E-state index is 0.0305. The van der Waals surface area contributed by atoms with Gasteiger partial charge in [0.2, 0.25) is 5.82 Å². The van der Waals surface area contributed by atoms with Crippen LogP contribution in [0.3, 0.4) is 0 Å². The topological polar surface area (TPSA) is 101 Å². The van der Waals surface area contributed by atoms with Crippen LogP contribution in [-0.2, 0) is 0 Å². The van der Waals surface area contributed by atoms with Crippen molar-refractivity contribution in [1.82, 2.24) is 4.98 Å². The number of nitrogens with one attached hydrogen (secondary N) is 1. The van der Waals surface area contributed by atoms with E-state index in [1.807, 2.05) is 22.6 Å². The molecule has 9 heteroatoms. The van der Waals surface area contributed by atoms with Gasteiger partial charge in [0.1, 0.15) is 5.75 Å². The quantitative estimate of drug-likeness (QED) is 0.313. The Kier molecular flexibility index (Phi) is 5.07. The third kappa shape index (κ3) is 3.88. The van der Waals surface area contributed by atoms with Crippen molar-refractivity contribution in [2.45, 2.75) is 0 Å². The summed E-state index contributed by atoms with van der Waals surface area (Å²) in [5, 5.41) is 24.6.